The molecule has 0 saturated carbocycles. The van der Waals surface area contributed by atoms with Crippen LogP contribution in [0.3, 0.4) is 0 Å². The van der Waals surface area contributed by atoms with Gasteiger partial charge in [-0.2, -0.15) is 0 Å². The van der Waals surface area contributed by atoms with Crippen molar-refractivity contribution in [1.29, 1.82) is 0 Å². The van der Waals surface area contributed by atoms with Crippen molar-refractivity contribution in [2.75, 3.05) is 11.1 Å². The van der Waals surface area contributed by atoms with Gasteiger partial charge in [0.15, 0.2) is 11.2 Å². The highest BCUT2D eigenvalue weighted by Crippen LogP contribution is 2.42. The van der Waals surface area contributed by atoms with Crippen molar-refractivity contribution in [3.63, 3.8) is 0 Å². The van der Waals surface area contributed by atoms with Crippen molar-refractivity contribution in [3.8, 4) is 0 Å². The number of thioether (sulfide) groups is 1. The van der Waals surface area contributed by atoms with Crippen LogP contribution in [0.5, 0.6) is 0 Å². The quantitative estimate of drug-likeness (QED) is 0.865. The van der Waals surface area contributed by atoms with E-state index in [2.05, 4.69) is 15.7 Å². The summed E-state index contributed by atoms with van der Waals surface area (Å²) in [7, 11) is 0. The first-order chi connectivity index (χ1) is 12.2. The molecule has 0 spiro atoms. The third-order valence-electron chi connectivity index (χ3n) is 4.24. The van der Waals surface area contributed by atoms with Crippen LogP contribution < -0.4 is 10.6 Å². The second kappa shape index (κ2) is 6.40. The van der Waals surface area contributed by atoms with E-state index < -0.39 is 12.2 Å². The summed E-state index contributed by atoms with van der Waals surface area (Å²) in [4.78, 5) is 12.8. The van der Waals surface area contributed by atoms with Crippen LogP contribution in [-0.4, -0.2) is 21.8 Å². The molecular weight excluding hydrogens is 339 g/mol. The second-order valence-electron chi connectivity index (χ2n) is 5.77. The van der Waals surface area contributed by atoms with Gasteiger partial charge in [0.2, 0.25) is 0 Å². The number of anilines is 1. The lowest BCUT2D eigenvalue weighted by Gasteiger charge is -2.43. The molecule has 2 aliphatic heterocycles. The fourth-order valence-corrected chi connectivity index (χ4v) is 3.77. The van der Waals surface area contributed by atoms with Crippen molar-refractivity contribution in [3.05, 3.63) is 65.5 Å². The molecule has 0 saturated heterocycles. The van der Waals surface area contributed by atoms with E-state index >= 15 is 0 Å². The van der Waals surface area contributed by atoms with Gasteiger partial charge in [-0.3, -0.25) is 9.80 Å². The van der Waals surface area contributed by atoms with Crippen molar-refractivity contribution in [2.45, 2.75) is 19.1 Å². The zero-order valence-electron chi connectivity index (χ0n) is 13.6. The van der Waals surface area contributed by atoms with Gasteiger partial charge in [-0.05, 0) is 17.9 Å². The van der Waals surface area contributed by atoms with E-state index in [1.807, 2.05) is 31.2 Å². The predicted octanol–water partition coefficient (Wildman–Crippen LogP) is 3.45. The highest BCUT2D eigenvalue weighted by Gasteiger charge is 2.42. The lowest BCUT2D eigenvalue weighted by molar-refractivity contribution is -0.127. The van der Waals surface area contributed by atoms with Gasteiger partial charge in [0, 0.05) is 16.8 Å². The van der Waals surface area contributed by atoms with Gasteiger partial charge in [0.05, 0.1) is 0 Å². The van der Waals surface area contributed by atoms with E-state index in [9.17, 15) is 9.18 Å². The SMILES string of the molecule is CCSC1=NN2[C@H](c3ccccc3F)Nc3ccccc3[C@@H]2C(=O)N1. The second-order valence-corrected chi connectivity index (χ2v) is 7.02. The van der Waals surface area contributed by atoms with E-state index in [4.69, 9.17) is 0 Å². The Labute approximate surface area is 149 Å². The monoisotopic (exact) mass is 356 g/mol. The minimum absolute atomic E-state index is 0.152. The van der Waals surface area contributed by atoms with Gasteiger partial charge in [-0.15, -0.1) is 5.10 Å². The molecule has 2 aromatic carbocycles. The molecule has 2 aliphatic rings. The topological polar surface area (TPSA) is 56.7 Å². The van der Waals surface area contributed by atoms with Crippen LogP contribution in [0.25, 0.3) is 0 Å². The maximum Gasteiger partial charge on any atom is 0.255 e. The first-order valence-electron chi connectivity index (χ1n) is 8.09. The van der Waals surface area contributed by atoms with Crippen LogP contribution in [0.1, 0.15) is 30.3 Å². The Bertz CT molecular complexity index is 856. The molecule has 0 unspecified atom stereocenters. The molecule has 0 bridgehead atoms. The van der Waals surface area contributed by atoms with Crippen molar-refractivity contribution in [2.24, 2.45) is 5.10 Å². The maximum absolute atomic E-state index is 14.4. The van der Waals surface area contributed by atoms with Gasteiger partial charge in [0.1, 0.15) is 12.0 Å². The Morgan fingerprint density at radius 1 is 1.16 bits per heavy atom. The number of fused-ring (bicyclic) bond motifs is 3. The van der Waals surface area contributed by atoms with Gasteiger partial charge in [0.25, 0.3) is 5.91 Å². The summed E-state index contributed by atoms with van der Waals surface area (Å²) >= 11 is 1.45. The van der Waals surface area contributed by atoms with Crippen LogP contribution >= 0.6 is 11.8 Å². The molecule has 2 atom stereocenters. The number of hydrogen-bond donors (Lipinski definition) is 2. The summed E-state index contributed by atoms with van der Waals surface area (Å²) in [5.41, 5.74) is 2.10. The van der Waals surface area contributed by atoms with E-state index in [1.54, 1.807) is 23.2 Å². The summed E-state index contributed by atoms with van der Waals surface area (Å²) in [5.74, 6) is 0.302. The predicted molar refractivity (Wildman–Crippen MR) is 97.5 cm³/mol. The molecule has 0 aliphatic carbocycles. The number of amides is 1. The number of nitrogens with one attached hydrogen (secondary N) is 2. The van der Waals surface area contributed by atoms with Crippen LogP contribution in [-0.2, 0) is 4.79 Å². The molecule has 0 fully saturated rings. The third kappa shape index (κ3) is 2.74. The minimum atomic E-state index is -0.594. The van der Waals surface area contributed by atoms with E-state index in [-0.39, 0.29) is 11.7 Å². The van der Waals surface area contributed by atoms with Gasteiger partial charge >= 0.3 is 0 Å². The zero-order chi connectivity index (χ0) is 17.4. The average molecular weight is 356 g/mol. The summed E-state index contributed by atoms with van der Waals surface area (Å²) in [6, 6.07) is 13.5. The Morgan fingerprint density at radius 3 is 2.64 bits per heavy atom. The van der Waals surface area contributed by atoms with Gasteiger partial charge in [-0.25, -0.2) is 4.39 Å². The lowest BCUT2D eigenvalue weighted by Crippen LogP contribution is -2.51. The smallest absolute Gasteiger partial charge is 0.255 e. The number of carbonyl (C=O) groups is 1. The number of halogens is 1. The molecule has 128 valence electrons. The van der Waals surface area contributed by atoms with E-state index in [0.717, 1.165) is 17.0 Å². The fourth-order valence-electron chi connectivity index (χ4n) is 3.17. The summed E-state index contributed by atoms with van der Waals surface area (Å²) in [5, 5.41) is 13.0. The number of benzene rings is 2. The molecule has 4 rings (SSSR count). The number of hydrogen-bond acceptors (Lipinski definition) is 5. The zero-order valence-corrected chi connectivity index (χ0v) is 14.4. The molecule has 7 heteroatoms. The van der Waals surface area contributed by atoms with Crippen molar-refractivity contribution >= 4 is 28.5 Å². The third-order valence-corrected chi connectivity index (χ3v) is 4.99. The Balaban J connectivity index is 1.86. The maximum atomic E-state index is 14.4. The molecule has 25 heavy (non-hydrogen) atoms. The molecule has 0 aromatic heterocycles. The summed E-state index contributed by atoms with van der Waals surface area (Å²) in [6.45, 7) is 1.99. The minimum Gasteiger partial charge on any atom is -0.360 e. The first kappa shape index (κ1) is 16.0. The highest BCUT2D eigenvalue weighted by molar-refractivity contribution is 8.13. The van der Waals surface area contributed by atoms with Crippen LogP contribution in [0.2, 0.25) is 0 Å². The number of carbonyl (C=O) groups excluding carboxylic acids is 1. The van der Waals surface area contributed by atoms with Gasteiger partial charge in [-0.1, -0.05) is 55.1 Å². The molecule has 1 amide bonds. The molecule has 2 heterocycles. The van der Waals surface area contributed by atoms with E-state index in [0.29, 0.717) is 10.7 Å². The van der Waals surface area contributed by atoms with Crippen LogP contribution in [0.4, 0.5) is 10.1 Å². The van der Waals surface area contributed by atoms with Crippen LogP contribution in [0, 0.1) is 5.82 Å². The standard InChI is InChI=1S/C18H17FN4OS/c1-2-25-18-21-17(24)15-12-8-4-6-10-14(12)20-16(23(15)22-18)11-7-3-5-9-13(11)19/h3-10,15-16,20H,2H2,1H3,(H,21,22,24)/t15-,16-/m1/s1. The molecule has 5 nitrogen and oxygen atoms in total. The normalized spacial score (nSPS) is 21.6. The fraction of sp³-hybridized carbons (Fsp3) is 0.222. The number of rotatable bonds is 2. The van der Waals surface area contributed by atoms with E-state index in [1.165, 1.54) is 17.8 Å². The van der Waals surface area contributed by atoms with Gasteiger partial charge < -0.3 is 10.6 Å². The molecule has 2 aromatic rings. The average Bonchev–Trinajstić information content (AvgIpc) is 2.61. The Kier molecular flexibility index (Phi) is 4.09. The first-order valence-corrected chi connectivity index (χ1v) is 9.08. The molecule has 0 radical (unpaired) electrons. The molecular formula is C18H17FN4OS. The Morgan fingerprint density at radius 2 is 1.88 bits per heavy atom. The summed E-state index contributed by atoms with van der Waals surface area (Å²) in [6.07, 6.45) is -0.556. The van der Waals surface area contributed by atoms with Crippen LogP contribution in [0.15, 0.2) is 53.6 Å². The number of amidine groups is 1. The number of para-hydroxylation sites is 1. The number of hydrazone groups is 1. The highest BCUT2D eigenvalue weighted by atomic mass is 32.2. The lowest BCUT2D eigenvalue weighted by atomic mass is 9.97. The summed E-state index contributed by atoms with van der Waals surface area (Å²) < 4.78 is 14.4. The largest absolute Gasteiger partial charge is 0.360 e. The molecule has 2 N–H and O–H groups in total. The van der Waals surface area contributed by atoms with Crippen molar-refractivity contribution < 1.29 is 9.18 Å². The number of nitrogens with zero attached hydrogens (tertiary/aromatic N) is 2. The Hall–Kier alpha value is -2.54. The van der Waals surface area contributed by atoms with Crippen molar-refractivity contribution in [1.82, 2.24) is 10.3 Å².